The number of hydrogen-bond acceptors (Lipinski definition) is 4. The summed E-state index contributed by atoms with van der Waals surface area (Å²) in [4.78, 5) is 17.4. The van der Waals surface area contributed by atoms with Crippen molar-refractivity contribution >= 4 is 28.1 Å². The number of carbonyl (C=O) groups excluding carboxylic acids is 1. The molecule has 0 unspecified atom stereocenters. The maximum absolute atomic E-state index is 13.2. The monoisotopic (exact) mass is 349 g/mol. The first-order chi connectivity index (χ1) is 12.1. The van der Waals surface area contributed by atoms with Crippen LogP contribution in [0.1, 0.15) is 29.5 Å². The number of thiazole rings is 1. The number of nitrogens with zero attached hydrogens (tertiary/aromatic N) is 1. The number of aromatic nitrogens is 1. The number of fused-ring (bicyclic) bond motifs is 1. The highest BCUT2D eigenvalue weighted by atomic mass is 32.1. The molecule has 5 heteroatoms. The Labute approximate surface area is 150 Å². The van der Waals surface area contributed by atoms with Crippen molar-refractivity contribution in [2.75, 3.05) is 11.1 Å². The first-order valence-electron chi connectivity index (χ1n) is 8.22. The number of rotatable bonds is 3. The van der Waals surface area contributed by atoms with E-state index in [1.165, 1.54) is 16.9 Å². The van der Waals surface area contributed by atoms with Gasteiger partial charge in [-0.25, -0.2) is 4.98 Å². The lowest BCUT2D eigenvalue weighted by Crippen LogP contribution is -2.37. The Morgan fingerprint density at radius 2 is 2.08 bits per heavy atom. The van der Waals surface area contributed by atoms with E-state index in [4.69, 9.17) is 5.73 Å². The van der Waals surface area contributed by atoms with E-state index in [-0.39, 0.29) is 11.8 Å². The van der Waals surface area contributed by atoms with Gasteiger partial charge in [0.15, 0.2) is 5.13 Å². The quantitative estimate of drug-likeness (QED) is 0.701. The van der Waals surface area contributed by atoms with Gasteiger partial charge in [0.1, 0.15) is 0 Å². The second-order valence-electron chi connectivity index (χ2n) is 6.69. The van der Waals surface area contributed by atoms with E-state index in [0.717, 1.165) is 16.8 Å². The molecule has 25 heavy (non-hydrogen) atoms. The summed E-state index contributed by atoms with van der Waals surface area (Å²) in [5.74, 6) is -0.0433. The number of nitrogen functional groups attached to an aromatic ring is 1. The van der Waals surface area contributed by atoms with E-state index in [2.05, 4.69) is 22.4 Å². The summed E-state index contributed by atoms with van der Waals surface area (Å²) < 4.78 is 0. The summed E-state index contributed by atoms with van der Waals surface area (Å²) in [5, 5.41) is 5.48. The van der Waals surface area contributed by atoms with E-state index >= 15 is 0 Å². The molecule has 0 spiro atoms. The third kappa shape index (κ3) is 2.70. The highest BCUT2D eigenvalue weighted by molar-refractivity contribution is 7.13. The molecule has 0 saturated heterocycles. The van der Waals surface area contributed by atoms with E-state index < -0.39 is 5.41 Å². The van der Waals surface area contributed by atoms with Gasteiger partial charge in [0.2, 0.25) is 5.91 Å². The predicted octanol–water partition coefficient (Wildman–Crippen LogP) is 4.06. The molecule has 1 aliphatic carbocycles. The van der Waals surface area contributed by atoms with E-state index in [0.29, 0.717) is 11.6 Å². The van der Waals surface area contributed by atoms with E-state index in [9.17, 15) is 4.79 Å². The van der Waals surface area contributed by atoms with Crippen molar-refractivity contribution in [3.8, 4) is 0 Å². The molecule has 2 atom stereocenters. The number of nitrogens with two attached hydrogens (primary N) is 1. The molecule has 0 fully saturated rings. The Bertz CT molecular complexity index is 908. The average molecular weight is 349 g/mol. The molecule has 0 aliphatic heterocycles. The van der Waals surface area contributed by atoms with Crippen molar-refractivity contribution in [3.63, 3.8) is 0 Å². The summed E-state index contributed by atoms with van der Waals surface area (Å²) in [5.41, 5.74) is 9.62. The van der Waals surface area contributed by atoms with Crippen molar-refractivity contribution < 1.29 is 4.79 Å². The van der Waals surface area contributed by atoms with Gasteiger partial charge in [-0.2, -0.15) is 0 Å². The summed E-state index contributed by atoms with van der Waals surface area (Å²) in [6, 6.07) is 16.1. The zero-order valence-corrected chi connectivity index (χ0v) is 14.7. The van der Waals surface area contributed by atoms with Gasteiger partial charge < -0.3 is 11.1 Å². The van der Waals surface area contributed by atoms with Crippen molar-refractivity contribution in [3.05, 3.63) is 76.8 Å². The molecule has 0 saturated carbocycles. The van der Waals surface area contributed by atoms with Crippen molar-refractivity contribution in [1.29, 1.82) is 0 Å². The molecule has 3 N–H and O–H groups in total. The molecule has 3 aromatic rings. The Morgan fingerprint density at radius 1 is 1.28 bits per heavy atom. The average Bonchev–Trinajstić information content (AvgIpc) is 3.21. The lowest BCUT2D eigenvalue weighted by Gasteiger charge is -2.31. The van der Waals surface area contributed by atoms with Crippen molar-refractivity contribution in [2.45, 2.75) is 19.3 Å². The molecule has 0 bridgehead atoms. The smallest absolute Gasteiger partial charge is 0.233 e. The standard InChI is InChI=1S/C20H19N3OS/c1-20(18(24)23-19-22-9-10-25-19)12-14-7-8-15(21)11-16(14)17(20)13-5-3-2-4-6-13/h2-11,17H,12,21H2,1H3,(H,22,23,24)/t17-,20+/m1/s1. The van der Waals surface area contributed by atoms with Crippen LogP contribution < -0.4 is 11.1 Å². The van der Waals surface area contributed by atoms with Crippen LogP contribution in [-0.4, -0.2) is 10.9 Å². The van der Waals surface area contributed by atoms with E-state index in [1.807, 2.05) is 48.7 Å². The molecule has 0 radical (unpaired) electrons. The first-order valence-corrected chi connectivity index (χ1v) is 9.10. The minimum absolute atomic E-state index is 0.00826. The number of benzene rings is 2. The molecule has 126 valence electrons. The van der Waals surface area contributed by atoms with Crippen LogP contribution in [-0.2, 0) is 11.2 Å². The van der Waals surface area contributed by atoms with E-state index in [1.54, 1.807) is 6.20 Å². The Morgan fingerprint density at radius 3 is 2.80 bits per heavy atom. The number of carbonyl (C=O) groups is 1. The zero-order valence-electron chi connectivity index (χ0n) is 13.9. The topological polar surface area (TPSA) is 68.0 Å². The van der Waals surface area contributed by atoms with Crippen LogP contribution in [0, 0.1) is 5.41 Å². The third-order valence-corrected chi connectivity index (χ3v) is 5.67. The summed E-state index contributed by atoms with van der Waals surface area (Å²) in [6.45, 7) is 2.03. The first kappa shape index (κ1) is 15.8. The molecule has 4 nitrogen and oxygen atoms in total. The Hall–Kier alpha value is -2.66. The van der Waals surface area contributed by atoms with Crippen LogP contribution >= 0.6 is 11.3 Å². The van der Waals surface area contributed by atoms with Gasteiger partial charge in [0.25, 0.3) is 0 Å². The van der Waals surface area contributed by atoms with Gasteiger partial charge in [0, 0.05) is 23.2 Å². The van der Waals surface area contributed by atoms with Gasteiger partial charge in [-0.15, -0.1) is 11.3 Å². The second-order valence-corrected chi connectivity index (χ2v) is 7.58. The van der Waals surface area contributed by atoms with Gasteiger partial charge in [0.05, 0.1) is 5.41 Å². The highest BCUT2D eigenvalue weighted by Gasteiger charge is 2.48. The molecular formula is C20H19N3OS. The van der Waals surface area contributed by atoms with Gasteiger partial charge >= 0.3 is 0 Å². The lowest BCUT2D eigenvalue weighted by atomic mass is 9.73. The maximum Gasteiger partial charge on any atom is 0.233 e. The normalized spacial score (nSPS) is 21.7. The molecule has 1 heterocycles. The van der Waals surface area contributed by atoms with Gasteiger partial charge in [-0.05, 0) is 42.2 Å². The fourth-order valence-electron chi connectivity index (χ4n) is 3.81. The summed E-state index contributed by atoms with van der Waals surface area (Å²) in [6.07, 6.45) is 2.38. The number of amides is 1. The minimum atomic E-state index is -0.594. The maximum atomic E-state index is 13.2. The Kier molecular flexibility index (Phi) is 3.81. The van der Waals surface area contributed by atoms with Crippen LogP contribution in [0.4, 0.5) is 10.8 Å². The van der Waals surface area contributed by atoms with Crippen LogP contribution in [0.3, 0.4) is 0 Å². The predicted molar refractivity (Wildman–Crippen MR) is 102 cm³/mol. The third-order valence-electron chi connectivity index (χ3n) is 4.98. The van der Waals surface area contributed by atoms with Crippen molar-refractivity contribution in [2.24, 2.45) is 5.41 Å². The number of hydrogen-bond donors (Lipinski definition) is 2. The largest absolute Gasteiger partial charge is 0.399 e. The highest BCUT2D eigenvalue weighted by Crippen LogP contribution is 2.51. The molecule has 2 aromatic carbocycles. The molecule has 1 amide bonds. The van der Waals surface area contributed by atoms with Crippen LogP contribution in [0.15, 0.2) is 60.1 Å². The minimum Gasteiger partial charge on any atom is -0.399 e. The number of anilines is 2. The fourth-order valence-corrected chi connectivity index (χ4v) is 4.34. The SMILES string of the molecule is C[C@]1(C(=O)Nc2nccs2)Cc2ccc(N)cc2[C@H]1c1ccccc1. The van der Waals surface area contributed by atoms with Crippen molar-refractivity contribution in [1.82, 2.24) is 4.98 Å². The van der Waals surface area contributed by atoms with Gasteiger partial charge in [-0.3, -0.25) is 4.79 Å². The summed E-state index contributed by atoms with van der Waals surface area (Å²) in [7, 11) is 0. The fraction of sp³-hybridized carbons (Fsp3) is 0.200. The van der Waals surface area contributed by atoms with Crippen LogP contribution in [0.25, 0.3) is 0 Å². The zero-order chi connectivity index (χ0) is 17.4. The van der Waals surface area contributed by atoms with Crippen LogP contribution in [0.5, 0.6) is 0 Å². The summed E-state index contributed by atoms with van der Waals surface area (Å²) >= 11 is 1.43. The molecular weight excluding hydrogens is 330 g/mol. The van der Waals surface area contributed by atoms with Gasteiger partial charge in [-0.1, -0.05) is 36.4 Å². The lowest BCUT2D eigenvalue weighted by molar-refractivity contribution is -0.125. The molecule has 1 aliphatic rings. The molecule has 4 rings (SSSR count). The second kappa shape index (κ2) is 6.01. The van der Waals surface area contributed by atoms with Crippen LogP contribution in [0.2, 0.25) is 0 Å². The number of nitrogens with one attached hydrogen (secondary N) is 1. The Balaban J connectivity index is 1.79. The molecule has 1 aromatic heterocycles.